The van der Waals surface area contributed by atoms with Crippen molar-refractivity contribution in [3.8, 4) is 5.75 Å². The molecule has 0 aromatic heterocycles. The molecular weight excluding hydrogens is 410 g/mol. The molecule has 8 nitrogen and oxygen atoms in total. The number of carbonyl (C=O) groups is 2. The quantitative estimate of drug-likeness (QED) is 0.547. The molecule has 0 saturated heterocycles. The Kier molecular flexibility index (Phi) is 5.98. The van der Waals surface area contributed by atoms with Crippen molar-refractivity contribution in [1.82, 2.24) is 0 Å². The Morgan fingerprint density at radius 3 is 2.70 bits per heavy atom. The van der Waals surface area contributed by atoms with Crippen molar-refractivity contribution in [3.63, 3.8) is 0 Å². The van der Waals surface area contributed by atoms with Crippen LogP contribution in [0, 0.1) is 15.5 Å². The van der Waals surface area contributed by atoms with Crippen LogP contribution in [0.2, 0.25) is 5.02 Å². The van der Waals surface area contributed by atoms with Crippen LogP contribution < -0.4 is 15.0 Å². The van der Waals surface area contributed by atoms with Gasteiger partial charge in [-0.3, -0.25) is 19.7 Å². The summed E-state index contributed by atoms with van der Waals surface area (Å²) in [6, 6.07) is 8.66. The molecule has 0 atom stereocenters. The van der Waals surface area contributed by atoms with Gasteiger partial charge < -0.3 is 15.0 Å². The van der Waals surface area contributed by atoms with E-state index in [0.29, 0.717) is 23.7 Å². The fourth-order valence-electron chi connectivity index (χ4n) is 3.17. The monoisotopic (exact) mass is 431 g/mol. The molecule has 3 rings (SSSR count). The van der Waals surface area contributed by atoms with Gasteiger partial charge in [-0.15, -0.1) is 0 Å². The second-order valence-corrected chi connectivity index (χ2v) is 8.09. The summed E-state index contributed by atoms with van der Waals surface area (Å²) in [4.78, 5) is 37.8. The summed E-state index contributed by atoms with van der Waals surface area (Å²) in [5.41, 5.74) is 0.0455. The number of hydrogen-bond acceptors (Lipinski definition) is 5. The van der Waals surface area contributed by atoms with Crippen molar-refractivity contribution in [3.05, 3.63) is 57.1 Å². The van der Waals surface area contributed by atoms with Crippen molar-refractivity contribution in [2.24, 2.45) is 5.41 Å². The Hall–Kier alpha value is -3.13. The van der Waals surface area contributed by atoms with E-state index in [0.717, 1.165) is 12.5 Å². The number of nitrogens with zero attached hydrogens (tertiary/aromatic N) is 2. The number of carbonyl (C=O) groups excluding carboxylic acids is 2. The van der Waals surface area contributed by atoms with E-state index in [1.165, 1.54) is 12.1 Å². The summed E-state index contributed by atoms with van der Waals surface area (Å²) in [5.74, 6) is -0.103. The Morgan fingerprint density at radius 2 is 2.03 bits per heavy atom. The molecule has 9 heteroatoms. The fraction of sp³-hybridized carbons (Fsp3) is 0.333. The van der Waals surface area contributed by atoms with E-state index in [2.05, 4.69) is 5.32 Å². The third-order valence-corrected chi connectivity index (χ3v) is 5.10. The maximum absolute atomic E-state index is 13.0. The molecule has 0 spiro atoms. The Morgan fingerprint density at radius 1 is 1.30 bits per heavy atom. The number of halogens is 1. The van der Waals surface area contributed by atoms with Crippen LogP contribution in [0.15, 0.2) is 36.4 Å². The maximum atomic E-state index is 13.0. The Labute approximate surface area is 178 Å². The van der Waals surface area contributed by atoms with Crippen LogP contribution >= 0.6 is 11.6 Å². The summed E-state index contributed by atoms with van der Waals surface area (Å²) in [5, 5.41) is 13.8. The number of nitro groups is 1. The van der Waals surface area contributed by atoms with Crippen molar-refractivity contribution in [2.75, 3.05) is 23.4 Å². The van der Waals surface area contributed by atoms with Gasteiger partial charge in [-0.2, -0.15) is 0 Å². The van der Waals surface area contributed by atoms with Gasteiger partial charge in [-0.05, 0) is 44.5 Å². The van der Waals surface area contributed by atoms with Crippen LogP contribution in [0.4, 0.5) is 17.1 Å². The van der Waals surface area contributed by atoms with Gasteiger partial charge in [-0.1, -0.05) is 18.5 Å². The molecule has 0 saturated carbocycles. The number of fused-ring (bicyclic) bond motifs is 1. The van der Waals surface area contributed by atoms with E-state index in [1.807, 2.05) is 20.8 Å². The molecule has 158 valence electrons. The molecule has 0 radical (unpaired) electrons. The van der Waals surface area contributed by atoms with Crippen LogP contribution in [0.3, 0.4) is 0 Å². The van der Waals surface area contributed by atoms with Crippen LogP contribution in [-0.2, 0) is 4.79 Å². The number of benzene rings is 2. The number of ether oxygens (including phenoxy) is 1. The molecule has 2 aromatic rings. The van der Waals surface area contributed by atoms with Crippen molar-refractivity contribution < 1.29 is 19.2 Å². The largest absolute Gasteiger partial charge is 0.490 e. The van der Waals surface area contributed by atoms with Gasteiger partial charge in [0.2, 0.25) is 5.91 Å². The minimum absolute atomic E-state index is 0.0142. The standard InChI is InChI=1S/C21H22ClN3O5/c1-4-9-24-17-10-13(5-8-18(17)30-12-21(2,3)20(24)27)23-19(26)15-11-14(25(28)29)6-7-16(15)22/h5-8,10-11H,4,9,12H2,1-3H3,(H,23,26). The van der Waals surface area contributed by atoms with Gasteiger partial charge in [0.1, 0.15) is 12.4 Å². The predicted octanol–water partition coefficient (Wildman–Crippen LogP) is 4.66. The van der Waals surface area contributed by atoms with Crippen molar-refractivity contribution >= 4 is 40.5 Å². The molecule has 30 heavy (non-hydrogen) atoms. The lowest BCUT2D eigenvalue weighted by molar-refractivity contribution is -0.384. The van der Waals surface area contributed by atoms with Crippen LogP contribution in [-0.4, -0.2) is 29.9 Å². The highest BCUT2D eigenvalue weighted by Gasteiger charge is 2.37. The van der Waals surface area contributed by atoms with Crippen molar-refractivity contribution in [1.29, 1.82) is 0 Å². The highest BCUT2D eigenvalue weighted by Crippen LogP contribution is 2.38. The maximum Gasteiger partial charge on any atom is 0.270 e. The summed E-state index contributed by atoms with van der Waals surface area (Å²) < 4.78 is 5.85. The van der Waals surface area contributed by atoms with E-state index < -0.39 is 16.2 Å². The molecule has 1 aliphatic rings. The lowest BCUT2D eigenvalue weighted by Gasteiger charge is -2.27. The third-order valence-electron chi connectivity index (χ3n) is 4.77. The lowest BCUT2D eigenvalue weighted by atomic mass is 9.93. The van der Waals surface area contributed by atoms with Crippen LogP contribution in [0.25, 0.3) is 0 Å². The average Bonchev–Trinajstić information content (AvgIpc) is 2.78. The van der Waals surface area contributed by atoms with Gasteiger partial charge >= 0.3 is 0 Å². The number of hydrogen-bond donors (Lipinski definition) is 1. The highest BCUT2D eigenvalue weighted by molar-refractivity contribution is 6.34. The number of rotatable bonds is 5. The molecule has 1 N–H and O–H groups in total. The van der Waals surface area contributed by atoms with Crippen LogP contribution in [0.1, 0.15) is 37.6 Å². The van der Waals surface area contributed by atoms with E-state index in [1.54, 1.807) is 23.1 Å². The van der Waals surface area contributed by atoms with E-state index in [-0.39, 0.29) is 28.8 Å². The minimum atomic E-state index is -0.686. The highest BCUT2D eigenvalue weighted by atomic mass is 35.5. The first-order valence-electron chi connectivity index (χ1n) is 9.48. The molecule has 0 aliphatic carbocycles. The zero-order valence-corrected chi connectivity index (χ0v) is 17.7. The van der Waals surface area contributed by atoms with E-state index in [4.69, 9.17) is 16.3 Å². The summed E-state index contributed by atoms with van der Waals surface area (Å²) in [7, 11) is 0. The van der Waals surface area contributed by atoms with E-state index >= 15 is 0 Å². The molecule has 2 aromatic carbocycles. The molecule has 0 unspecified atom stereocenters. The van der Waals surface area contributed by atoms with Gasteiger partial charge in [0.05, 0.1) is 26.6 Å². The number of nitro benzene ring substituents is 1. The number of non-ortho nitro benzene ring substituents is 1. The smallest absolute Gasteiger partial charge is 0.270 e. The van der Waals surface area contributed by atoms with Crippen molar-refractivity contribution in [2.45, 2.75) is 27.2 Å². The van der Waals surface area contributed by atoms with E-state index in [9.17, 15) is 19.7 Å². The minimum Gasteiger partial charge on any atom is -0.490 e. The molecule has 1 heterocycles. The zero-order chi connectivity index (χ0) is 22.1. The predicted molar refractivity (Wildman–Crippen MR) is 114 cm³/mol. The Balaban J connectivity index is 1.94. The molecule has 0 bridgehead atoms. The normalized spacial score (nSPS) is 15.1. The topological polar surface area (TPSA) is 102 Å². The number of nitrogens with one attached hydrogen (secondary N) is 1. The summed E-state index contributed by atoms with van der Waals surface area (Å²) >= 11 is 6.06. The second kappa shape index (κ2) is 8.31. The molecule has 2 amide bonds. The fourth-order valence-corrected chi connectivity index (χ4v) is 3.37. The first kappa shape index (κ1) is 21.6. The Bertz CT molecular complexity index is 1020. The van der Waals surface area contributed by atoms with Gasteiger partial charge in [0.25, 0.3) is 11.6 Å². The summed E-state index contributed by atoms with van der Waals surface area (Å²) in [6.07, 6.45) is 0.751. The van der Waals surface area contributed by atoms with Gasteiger partial charge in [0.15, 0.2) is 0 Å². The lowest BCUT2D eigenvalue weighted by Crippen LogP contribution is -2.42. The number of amides is 2. The first-order chi connectivity index (χ1) is 14.1. The third kappa shape index (κ3) is 4.23. The molecular formula is C21H22ClN3O5. The van der Waals surface area contributed by atoms with Crippen LogP contribution in [0.5, 0.6) is 5.75 Å². The zero-order valence-electron chi connectivity index (χ0n) is 16.9. The summed E-state index contributed by atoms with van der Waals surface area (Å²) in [6.45, 7) is 6.39. The SMILES string of the molecule is CCCN1C(=O)C(C)(C)COc2ccc(NC(=O)c3cc([N+](=O)[O-])ccc3Cl)cc21. The molecule has 0 fully saturated rings. The van der Waals surface area contributed by atoms with Gasteiger partial charge in [0, 0.05) is 24.4 Å². The number of anilines is 2. The molecule has 1 aliphatic heterocycles. The van der Waals surface area contributed by atoms with Gasteiger partial charge in [-0.25, -0.2) is 0 Å². The average molecular weight is 432 g/mol. The second-order valence-electron chi connectivity index (χ2n) is 7.69. The first-order valence-corrected chi connectivity index (χ1v) is 9.86.